The van der Waals surface area contributed by atoms with Crippen molar-refractivity contribution >= 4 is 5.91 Å². The van der Waals surface area contributed by atoms with Gasteiger partial charge in [-0.25, -0.2) is 0 Å². The van der Waals surface area contributed by atoms with Gasteiger partial charge in [-0.15, -0.1) is 0 Å². The molecule has 1 amide bonds. The molecule has 0 aromatic rings. The lowest BCUT2D eigenvalue weighted by atomic mass is 10.2. The molecular formula is C10H19N3O. The fraction of sp³-hybridized carbons (Fsp3) is 0.800. The third-order valence-electron chi connectivity index (χ3n) is 2.01. The van der Waals surface area contributed by atoms with Crippen LogP contribution in [0.4, 0.5) is 0 Å². The van der Waals surface area contributed by atoms with Crippen molar-refractivity contribution < 1.29 is 4.79 Å². The van der Waals surface area contributed by atoms with Crippen LogP contribution in [0.1, 0.15) is 19.8 Å². The van der Waals surface area contributed by atoms with Crippen molar-refractivity contribution in [2.45, 2.75) is 19.8 Å². The maximum Gasteiger partial charge on any atom is 0.222 e. The van der Waals surface area contributed by atoms with E-state index in [1.165, 1.54) is 0 Å². The second-order valence-electron chi connectivity index (χ2n) is 3.51. The van der Waals surface area contributed by atoms with E-state index in [-0.39, 0.29) is 11.8 Å². The Labute approximate surface area is 85.9 Å². The van der Waals surface area contributed by atoms with E-state index in [1.54, 1.807) is 11.9 Å². The average molecular weight is 197 g/mol. The Morgan fingerprint density at radius 1 is 1.64 bits per heavy atom. The Hall–Kier alpha value is -1.08. The molecule has 4 heteroatoms. The van der Waals surface area contributed by atoms with Gasteiger partial charge in [0.15, 0.2) is 0 Å². The zero-order valence-corrected chi connectivity index (χ0v) is 9.21. The van der Waals surface area contributed by atoms with Gasteiger partial charge in [0, 0.05) is 20.0 Å². The van der Waals surface area contributed by atoms with E-state index in [9.17, 15) is 4.79 Å². The molecule has 0 radical (unpaired) electrons. The van der Waals surface area contributed by atoms with Gasteiger partial charge in [0.2, 0.25) is 5.91 Å². The number of carbonyl (C=O) groups excluding carboxylic acids is 1. The summed E-state index contributed by atoms with van der Waals surface area (Å²) in [6.45, 7) is 3.19. The molecule has 0 spiro atoms. The molecule has 0 aliphatic carbocycles. The lowest BCUT2D eigenvalue weighted by Gasteiger charge is -2.18. The predicted octanol–water partition coefficient (Wildman–Crippen LogP) is 0.604. The summed E-state index contributed by atoms with van der Waals surface area (Å²) in [4.78, 5) is 13.1. The smallest absolute Gasteiger partial charge is 0.222 e. The van der Waals surface area contributed by atoms with Crippen LogP contribution in [-0.2, 0) is 4.79 Å². The van der Waals surface area contributed by atoms with E-state index in [4.69, 9.17) is 5.26 Å². The summed E-state index contributed by atoms with van der Waals surface area (Å²) in [7, 11) is 3.61. The van der Waals surface area contributed by atoms with Gasteiger partial charge in [-0.2, -0.15) is 5.26 Å². The lowest BCUT2D eigenvalue weighted by molar-refractivity contribution is -0.130. The molecule has 0 aliphatic heterocycles. The molecule has 0 rings (SSSR count). The van der Waals surface area contributed by atoms with Crippen molar-refractivity contribution in [2.24, 2.45) is 5.92 Å². The first-order valence-electron chi connectivity index (χ1n) is 4.90. The zero-order valence-electron chi connectivity index (χ0n) is 9.21. The van der Waals surface area contributed by atoms with E-state index in [0.717, 1.165) is 13.0 Å². The topological polar surface area (TPSA) is 56.1 Å². The highest BCUT2D eigenvalue weighted by atomic mass is 16.2. The van der Waals surface area contributed by atoms with Crippen LogP contribution in [0.3, 0.4) is 0 Å². The zero-order chi connectivity index (χ0) is 11.0. The second-order valence-corrected chi connectivity index (χ2v) is 3.51. The van der Waals surface area contributed by atoms with Gasteiger partial charge in [-0.05, 0) is 26.9 Å². The highest BCUT2D eigenvalue weighted by molar-refractivity contribution is 5.75. The Morgan fingerprint density at radius 2 is 2.29 bits per heavy atom. The Balaban J connectivity index is 3.71. The van der Waals surface area contributed by atoms with Gasteiger partial charge in [0.25, 0.3) is 0 Å². The minimum atomic E-state index is -0.0896. The molecule has 0 saturated heterocycles. The first-order valence-corrected chi connectivity index (χ1v) is 4.90. The summed E-state index contributed by atoms with van der Waals surface area (Å²) < 4.78 is 0. The minimum Gasteiger partial charge on any atom is -0.344 e. The molecule has 0 saturated carbocycles. The van der Waals surface area contributed by atoms with E-state index in [1.807, 2.05) is 14.0 Å². The second kappa shape index (κ2) is 7.34. The van der Waals surface area contributed by atoms with Gasteiger partial charge >= 0.3 is 0 Å². The number of nitrogens with one attached hydrogen (secondary N) is 1. The van der Waals surface area contributed by atoms with Crippen LogP contribution in [-0.4, -0.2) is 38.0 Å². The standard InChI is InChI=1S/C10H19N3O/c1-9(7-11)8-13(3)10(14)5-4-6-12-2/h9,12H,4-6,8H2,1-3H3. The molecule has 14 heavy (non-hydrogen) atoms. The summed E-state index contributed by atoms with van der Waals surface area (Å²) in [6.07, 6.45) is 1.40. The van der Waals surface area contributed by atoms with E-state index in [0.29, 0.717) is 13.0 Å². The summed E-state index contributed by atoms with van der Waals surface area (Å²) >= 11 is 0. The summed E-state index contributed by atoms with van der Waals surface area (Å²) in [5.41, 5.74) is 0. The highest BCUT2D eigenvalue weighted by Gasteiger charge is 2.10. The minimum absolute atomic E-state index is 0.0896. The van der Waals surface area contributed by atoms with Crippen LogP contribution >= 0.6 is 0 Å². The number of hydrogen-bond donors (Lipinski definition) is 1. The van der Waals surface area contributed by atoms with Gasteiger partial charge in [-0.1, -0.05) is 0 Å². The largest absolute Gasteiger partial charge is 0.344 e. The van der Waals surface area contributed by atoms with Crippen LogP contribution in [0, 0.1) is 17.2 Å². The van der Waals surface area contributed by atoms with Gasteiger partial charge < -0.3 is 10.2 Å². The summed E-state index contributed by atoms with van der Waals surface area (Å²) in [5.74, 6) is 0.0237. The van der Waals surface area contributed by atoms with Crippen molar-refractivity contribution in [3.05, 3.63) is 0 Å². The van der Waals surface area contributed by atoms with Crippen molar-refractivity contribution in [3.63, 3.8) is 0 Å². The molecule has 0 fully saturated rings. The SMILES string of the molecule is CNCCCC(=O)N(C)CC(C)C#N. The fourth-order valence-corrected chi connectivity index (χ4v) is 1.16. The molecule has 1 N–H and O–H groups in total. The maximum absolute atomic E-state index is 11.5. The summed E-state index contributed by atoms with van der Waals surface area (Å²) in [5, 5.41) is 11.6. The fourth-order valence-electron chi connectivity index (χ4n) is 1.16. The molecule has 0 heterocycles. The van der Waals surface area contributed by atoms with Gasteiger partial charge in [0.1, 0.15) is 0 Å². The number of carbonyl (C=O) groups is 1. The van der Waals surface area contributed by atoms with Crippen LogP contribution < -0.4 is 5.32 Å². The summed E-state index contributed by atoms with van der Waals surface area (Å²) in [6, 6.07) is 2.11. The number of nitriles is 1. The van der Waals surface area contributed by atoms with Crippen LogP contribution in [0.5, 0.6) is 0 Å². The average Bonchev–Trinajstić information content (AvgIpc) is 2.17. The molecule has 1 unspecified atom stereocenters. The van der Waals surface area contributed by atoms with Crippen LogP contribution in [0.15, 0.2) is 0 Å². The third kappa shape index (κ3) is 5.55. The molecule has 4 nitrogen and oxygen atoms in total. The lowest BCUT2D eigenvalue weighted by Crippen LogP contribution is -2.30. The highest BCUT2D eigenvalue weighted by Crippen LogP contribution is 2.00. The monoisotopic (exact) mass is 197 g/mol. The molecule has 0 aromatic heterocycles. The van der Waals surface area contributed by atoms with Gasteiger partial charge in [-0.3, -0.25) is 4.79 Å². The van der Waals surface area contributed by atoms with E-state index in [2.05, 4.69) is 11.4 Å². The third-order valence-corrected chi connectivity index (χ3v) is 2.01. The normalized spacial score (nSPS) is 11.9. The van der Waals surface area contributed by atoms with E-state index < -0.39 is 0 Å². The van der Waals surface area contributed by atoms with Crippen molar-refractivity contribution in [2.75, 3.05) is 27.2 Å². The number of rotatable bonds is 6. The molecule has 0 bridgehead atoms. The molecule has 0 aliphatic rings. The van der Waals surface area contributed by atoms with E-state index >= 15 is 0 Å². The van der Waals surface area contributed by atoms with Crippen molar-refractivity contribution in [1.29, 1.82) is 5.26 Å². The molecular weight excluding hydrogens is 178 g/mol. The first-order chi connectivity index (χ1) is 6.61. The molecule has 1 atom stereocenters. The van der Waals surface area contributed by atoms with Crippen molar-refractivity contribution in [3.8, 4) is 6.07 Å². The number of hydrogen-bond acceptors (Lipinski definition) is 3. The molecule has 80 valence electrons. The Kier molecular flexibility index (Phi) is 6.77. The molecule has 0 aromatic carbocycles. The maximum atomic E-state index is 11.5. The van der Waals surface area contributed by atoms with Crippen LogP contribution in [0.2, 0.25) is 0 Å². The first kappa shape index (κ1) is 12.9. The van der Waals surface area contributed by atoms with Gasteiger partial charge in [0.05, 0.1) is 12.0 Å². The Morgan fingerprint density at radius 3 is 2.79 bits per heavy atom. The number of amides is 1. The Bertz CT molecular complexity index is 210. The quantitative estimate of drug-likeness (QED) is 0.634. The van der Waals surface area contributed by atoms with Crippen LogP contribution in [0.25, 0.3) is 0 Å². The van der Waals surface area contributed by atoms with Crippen molar-refractivity contribution in [1.82, 2.24) is 10.2 Å². The predicted molar refractivity (Wildman–Crippen MR) is 55.6 cm³/mol. The number of nitrogens with zero attached hydrogens (tertiary/aromatic N) is 2.